The average molecular weight is 362 g/mol. The third-order valence-electron chi connectivity index (χ3n) is 5.35. The molecule has 0 atom stereocenters. The van der Waals surface area contributed by atoms with Crippen molar-refractivity contribution in [3.8, 4) is 11.1 Å². The van der Waals surface area contributed by atoms with Crippen LogP contribution in [0.25, 0.3) is 21.9 Å². The fraction of sp³-hybridized carbons (Fsp3) is 0.333. The number of nitrogens with zero attached hydrogens (tertiary/aromatic N) is 3. The summed E-state index contributed by atoms with van der Waals surface area (Å²) in [6.45, 7) is 0. The van der Waals surface area contributed by atoms with Crippen LogP contribution in [0.3, 0.4) is 0 Å². The summed E-state index contributed by atoms with van der Waals surface area (Å²) in [6.07, 6.45) is 9.70. The minimum Gasteiger partial charge on any atom is -0.310 e. The van der Waals surface area contributed by atoms with Crippen LogP contribution < -0.4 is 5.32 Å². The van der Waals surface area contributed by atoms with Crippen molar-refractivity contribution >= 4 is 28.8 Å². The molecule has 6 nitrogen and oxygen atoms in total. The largest absolute Gasteiger partial charge is 0.310 e. The summed E-state index contributed by atoms with van der Waals surface area (Å²) in [6, 6.07) is 8.06. The maximum Gasteiger partial charge on any atom is 0.228 e. The van der Waals surface area contributed by atoms with Gasteiger partial charge in [-0.2, -0.15) is 5.10 Å². The average Bonchev–Trinajstić information content (AvgIpc) is 3.14. The third-order valence-corrected chi connectivity index (χ3v) is 5.35. The number of rotatable bonds is 4. The Morgan fingerprint density at radius 2 is 1.93 bits per heavy atom. The summed E-state index contributed by atoms with van der Waals surface area (Å²) in [5, 5.41) is 9.20. The molecule has 0 saturated heterocycles. The first-order valence-corrected chi connectivity index (χ1v) is 9.27. The van der Waals surface area contributed by atoms with Gasteiger partial charge in [-0.3, -0.25) is 9.48 Å². The van der Waals surface area contributed by atoms with E-state index in [9.17, 15) is 9.59 Å². The Morgan fingerprint density at radius 1 is 1.11 bits per heavy atom. The summed E-state index contributed by atoms with van der Waals surface area (Å²) in [5.74, 6) is 0.627. The summed E-state index contributed by atoms with van der Waals surface area (Å²) >= 11 is 0. The van der Waals surface area contributed by atoms with Gasteiger partial charge in [0.25, 0.3) is 0 Å². The summed E-state index contributed by atoms with van der Waals surface area (Å²) in [5.41, 5.74) is 2.12. The summed E-state index contributed by atoms with van der Waals surface area (Å²) < 4.78 is 1.77. The molecule has 0 aliphatic heterocycles. The van der Waals surface area contributed by atoms with Crippen molar-refractivity contribution in [3.05, 3.63) is 42.9 Å². The highest BCUT2D eigenvalue weighted by Crippen LogP contribution is 2.29. The number of anilines is 1. The predicted molar refractivity (Wildman–Crippen MR) is 104 cm³/mol. The van der Waals surface area contributed by atoms with Gasteiger partial charge in [0.15, 0.2) is 0 Å². The molecular formula is C21H22N4O2. The number of carbonyl (C=O) groups excluding carboxylic acids is 2. The lowest BCUT2D eigenvalue weighted by atomic mass is 9.82. The highest BCUT2D eigenvalue weighted by atomic mass is 16.2. The zero-order valence-electron chi connectivity index (χ0n) is 15.3. The Kier molecular flexibility index (Phi) is 4.71. The number of benzene rings is 1. The van der Waals surface area contributed by atoms with Gasteiger partial charge in [0.1, 0.15) is 12.1 Å². The highest BCUT2D eigenvalue weighted by Gasteiger charge is 2.26. The van der Waals surface area contributed by atoms with Gasteiger partial charge in [0.05, 0.1) is 6.20 Å². The monoisotopic (exact) mass is 362 g/mol. The second-order valence-corrected chi connectivity index (χ2v) is 7.27. The fourth-order valence-corrected chi connectivity index (χ4v) is 3.70. The van der Waals surface area contributed by atoms with Crippen LogP contribution in [0.2, 0.25) is 0 Å². The Hall–Kier alpha value is -3.02. The molecule has 0 spiro atoms. The lowest BCUT2D eigenvalue weighted by Crippen LogP contribution is -2.27. The first kappa shape index (κ1) is 17.4. The van der Waals surface area contributed by atoms with E-state index >= 15 is 0 Å². The van der Waals surface area contributed by atoms with E-state index < -0.39 is 0 Å². The molecule has 4 rings (SSSR count). The van der Waals surface area contributed by atoms with Crippen molar-refractivity contribution in [3.63, 3.8) is 0 Å². The number of hydrogen-bond donors (Lipinski definition) is 1. The minimum absolute atomic E-state index is 0.00499. The molecule has 2 heterocycles. The number of aromatic nitrogens is 3. The molecule has 2 aromatic heterocycles. The number of aryl methyl sites for hydroxylation is 1. The van der Waals surface area contributed by atoms with Crippen LogP contribution in [0.4, 0.5) is 5.82 Å². The van der Waals surface area contributed by atoms with Crippen molar-refractivity contribution in [2.45, 2.75) is 25.7 Å². The van der Waals surface area contributed by atoms with Crippen molar-refractivity contribution in [2.75, 3.05) is 5.32 Å². The Morgan fingerprint density at radius 3 is 2.63 bits per heavy atom. The molecule has 6 heteroatoms. The van der Waals surface area contributed by atoms with Gasteiger partial charge in [-0.25, -0.2) is 4.98 Å². The zero-order valence-corrected chi connectivity index (χ0v) is 15.3. The van der Waals surface area contributed by atoms with Crippen LogP contribution >= 0.6 is 0 Å². The molecule has 0 bridgehead atoms. The summed E-state index contributed by atoms with van der Waals surface area (Å²) in [7, 11) is 1.89. The van der Waals surface area contributed by atoms with E-state index in [0.29, 0.717) is 5.82 Å². The first-order chi connectivity index (χ1) is 13.1. The van der Waals surface area contributed by atoms with Crippen LogP contribution in [0.1, 0.15) is 25.7 Å². The van der Waals surface area contributed by atoms with E-state index in [1.807, 2.05) is 37.6 Å². The van der Waals surface area contributed by atoms with E-state index in [4.69, 9.17) is 0 Å². The molecule has 27 heavy (non-hydrogen) atoms. The molecule has 0 unspecified atom stereocenters. The van der Waals surface area contributed by atoms with Crippen LogP contribution in [0.5, 0.6) is 0 Å². The van der Waals surface area contributed by atoms with E-state index in [2.05, 4.69) is 21.5 Å². The molecule has 3 aromatic rings. The van der Waals surface area contributed by atoms with E-state index in [0.717, 1.165) is 53.9 Å². The molecule has 1 amide bonds. The molecular weight excluding hydrogens is 340 g/mol. The van der Waals surface area contributed by atoms with E-state index in [1.54, 1.807) is 10.9 Å². The summed E-state index contributed by atoms with van der Waals surface area (Å²) in [4.78, 5) is 27.8. The highest BCUT2D eigenvalue weighted by molar-refractivity contribution is 5.95. The third kappa shape index (κ3) is 3.74. The minimum atomic E-state index is -0.0413. The van der Waals surface area contributed by atoms with Gasteiger partial charge in [-0.1, -0.05) is 12.1 Å². The van der Waals surface area contributed by atoms with Crippen molar-refractivity contribution in [2.24, 2.45) is 18.9 Å². The molecule has 1 fully saturated rings. The number of fused-ring (bicyclic) bond motifs is 1. The van der Waals surface area contributed by atoms with Crippen LogP contribution in [0.15, 0.2) is 42.9 Å². The quantitative estimate of drug-likeness (QED) is 0.720. The predicted octanol–water partition coefficient (Wildman–Crippen LogP) is 3.58. The van der Waals surface area contributed by atoms with Gasteiger partial charge in [0, 0.05) is 42.2 Å². The standard InChI is InChI=1S/C21H22N4O2/c1-25-12-19(11-23-25)16-6-7-17-10-22-20(9-18(17)8-16)24-21(27)15-4-2-14(13-26)3-5-15/h6-15H,2-5H2,1H3,(H,22,24,27)/t14-,15-. The van der Waals surface area contributed by atoms with E-state index in [1.165, 1.54) is 0 Å². The fourth-order valence-electron chi connectivity index (χ4n) is 3.70. The molecule has 138 valence electrons. The second kappa shape index (κ2) is 7.31. The topological polar surface area (TPSA) is 76.9 Å². The Bertz CT molecular complexity index is 987. The van der Waals surface area contributed by atoms with Crippen LogP contribution in [-0.4, -0.2) is 27.0 Å². The van der Waals surface area contributed by atoms with Gasteiger partial charge >= 0.3 is 0 Å². The second-order valence-electron chi connectivity index (χ2n) is 7.27. The zero-order chi connectivity index (χ0) is 18.8. The SMILES string of the molecule is Cn1cc(-c2ccc3cnc(NC(=O)[C@H]4CC[C@H](C=O)CC4)cc3c2)cn1. The maximum atomic E-state index is 12.5. The molecule has 0 radical (unpaired) electrons. The number of nitrogens with one attached hydrogen (secondary N) is 1. The number of carbonyl (C=O) groups is 2. The lowest BCUT2D eigenvalue weighted by molar-refractivity contribution is -0.122. The van der Waals surface area contributed by atoms with Gasteiger partial charge in [0.2, 0.25) is 5.91 Å². The van der Waals surface area contributed by atoms with Crippen molar-refractivity contribution < 1.29 is 9.59 Å². The molecule has 1 saturated carbocycles. The van der Waals surface area contributed by atoms with Crippen LogP contribution in [0, 0.1) is 11.8 Å². The number of hydrogen-bond acceptors (Lipinski definition) is 4. The van der Waals surface area contributed by atoms with E-state index in [-0.39, 0.29) is 17.7 Å². The van der Waals surface area contributed by atoms with Crippen LogP contribution in [-0.2, 0) is 16.6 Å². The molecule has 1 aliphatic rings. The Labute approximate surface area is 157 Å². The number of pyridine rings is 1. The molecule has 1 aliphatic carbocycles. The maximum absolute atomic E-state index is 12.5. The lowest BCUT2D eigenvalue weighted by Gasteiger charge is -2.24. The van der Waals surface area contributed by atoms with Crippen molar-refractivity contribution in [1.82, 2.24) is 14.8 Å². The molecule has 1 aromatic carbocycles. The van der Waals surface area contributed by atoms with Gasteiger partial charge < -0.3 is 10.1 Å². The van der Waals surface area contributed by atoms with Crippen molar-refractivity contribution in [1.29, 1.82) is 0 Å². The Balaban J connectivity index is 1.52. The number of aldehydes is 1. The normalized spacial score (nSPS) is 19.7. The number of amides is 1. The van der Waals surface area contributed by atoms with Gasteiger partial charge in [-0.15, -0.1) is 0 Å². The van der Waals surface area contributed by atoms with Gasteiger partial charge in [-0.05, 0) is 48.8 Å². The molecule has 1 N–H and O–H groups in total. The first-order valence-electron chi connectivity index (χ1n) is 9.27. The smallest absolute Gasteiger partial charge is 0.228 e.